The van der Waals surface area contributed by atoms with E-state index in [1.165, 1.54) is 11.8 Å². The molecule has 0 saturated carbocycles. The molecule has 1 aromatic heterocycles. The minimum Gasteiger partial charge on any atom is -0.371 e. The topological polar surface area (TPSA) is 59.3 Å². The van der Waals surface area contributed by atoms with Crippen LogP contribution in [0.25, 0.3) is 16.6 Å². The predicted molar refractivity (Wildman–Crippen MR) is 114 cm³/mol. The van der Waals surface area contributed by atoms with Crippen LogP contribution in [0.3, 0.4) is 0 Å². The van der Waals surface area contributed by atoms with Gasteiger partial charge in [-0.15, -0.1) is 17.0 Å². The summed E-state index contributed by atoms with van der Waals surface area (Å²) < 4.78 is 1.64. The highest BCUT2D eigenvalue weighted by molar-refractivity contribution is 8.93. The SMILES string of the molecule is Br.O=c1c2ccccc2nc(SCC2=NCCN2)n1-c1ccc(Cl)cc1. The third-order valence-electron chi connectivity index (χ3n) is 3.91. The van der Waals surface area contributed by atoms with Crippen molar-refractivity contribution in [3.05, 3.63) is 63.9 Å². The molecule has 3 aromatic rings. The first-order chi connectivity index (χ1) is 12.2. The summed E-state index contributed by atoms with van der Waals surface area (Å²) in [4.78, 5) is 22.2. The van der Waals surface area contributed by atoms with Crippen molar-refractivity contribution in [3.8, 4) is 5.69 Å². The van der Waals surface area contributed by atoms with Gasteiger partial charge in [-0.1, -0.05) is 35.5 Å². The third kappa shape index (κ3) is 3.79. The molecule has 5 nitrogen and oxygen atoms in total. The number of hydrogen-bond donors (Lipinski definition) is 1. The molecular formula is C18H16BrClN4OS. The lowest BCUT2D eigenvalue weighted by atomic mass is 10.2. The number of halogens is 2. The maximum atomic E-state index is 13.1. The highest BCUT2D eigenvalue weighted by Gasteiger charge is 2.15. The molecule has 2 heterocycles. The van der Waals surface area contributed by atoms with Crippen LogP contribution in [0.1, 0.15) is 0 Å². The number of aromatic nitrogens is 2. The number of aliphatic imine (C=N–C) groups is 1. The van der Waals surface area contributed by atoms with Crippen LogP contribution in [0.15, 0.2) is 63.5 Å². The summed E-state index contributed by atoms with van der Waals surface area (Å²) in [5.41, 5.74) is 1.36. The number of fused-ring (bicyclic) bond motifs is 1. The molecule has 0 radical (unpaired) electrons. The Morgan fingerprint density at radius 1 is 1.15 bits per heavy atom. The maximum Gasteiger partial charge on any atom is 0.266 e. The van der Waals surface area contributed by atoms with Gasteiger partial charge in [-0.05, 0) is 36.4 Å². The fourth-order valence-electron chi connectivity index (χ4n) is 2.70. The first-order valence-corrected chi connectivity index (χ1v) is 9.26. The van der Waals surface area contributed by atoms with Gasteiger partial charge >= 0.3 is 0 Å². The van der Waals surface area contributed by atoms with E-state index in [9.17, 15) is 4.79 Å². The van der Waals surface area contributed by atoms with Gasteiger partial charge in [-0.25, -0.2) is 4.98 Å². The first kappa shape index (κ1) is 18.9. The maximum absolute atomic E-state index is 13.1. The zero-order valence-electron chi connectivity index (χ0n) is 13.7. The van der Waals surface area contributed by atoms with Gasteiger partial charge in [0.2, 0.25) is 0 Å². The van der Waals surface area contributed by atoms with Crippen molar-refractivity contribution in [1.82, 2.24) is 14.9 Å². The van der Waals surface area contributed by atoms with Gasteiger partial charge < -0.3 is 5.32 Å². The van der Waals surface area contributed by atoms with E-state index in [0.29, 0.717) is 26.8 Å². The number of para-hydroxylation sites is 1. The number of amidine groups is 1. The van der Waals surface area contributed by atoms with Crippen LogP contribution in [0.5, 0.6) is 0 Å². The van der Waals surface area contributed by atoms with Gasteiger partial charge in [-0.3, -0.25) is 14.4 Å². The van der Waals surface area contributed by atoms with Crippen LogP contribution in [-0.2, 0) is 0 Å². The molecule has 1 N–H and O–H groups in total. The van der Waals surface area contributed by atoms with Crippen molar-refractivity contribution < 1.29 is 0 Å². The lowest BCUT2D eigenvalue weighted by Gasteiger charge is -2.13. The third-order valence-corrected chi connectivity index (χ3v) is 5.11. The summed E-state index contributed by atoms with van der Waals surface area (Å²) in [6, 6.07) is 14.6. The smallest absolute Gasteiger partial charge is 0.266 e. The van der Waals surface area contributed by atoms with Gasteiger partial charge in [0.1, 0.15) is 5.84 Å². The molecule has 0 saturated heterocycles. The minimum absolute atomic E-state index is 0. The van der Waals surface area contributed by atoms with Crippen LogP contribution < -0.4 is 10.9 Å². The second kappa shape index (κ2) is 8.24. The highest BCUT2D eigenvalue weighted by atomic mass is 79.9. The number of thioether (sulfide) groups is 1. The Morgan fingerprint density at radius 2 is 1.92 bits per heavy atom. The summed E-state index contributed by atoms with van der Waals surface area (Å²) in [6.07, 6.45) is 0. The number of nitrogens with zero attached hydrogens (tertiary/aromatic N) is 3. The molecule has 0 unspecified atom stereocenters. The molecular weight excluding hydrogens is 436 g/mol. The normalized spacial score (nSPS) is 13.2. The molecule has 4 rings (SSSR count). The van der Waals surface area contributed by atoms with Crippen molar-refractivity contribution in [2.45, 2.75) is 5.16 Å². The van der Waals surface area contributed by atoms with Crippen molar-refractivity contribution in [2.75, 3.05) is 18.8 Å². The van der Waals surface area contributed by atoms with Crippen LogP contribution in [0.4, 0.5) is 0 Å². The number of rotatable bonds is 4. The van der Waals surface area contributed by atoms with Crippen molar-refractivity contribution in [2.24, 2.45) is 4.99 Å². The Bertz CT molecular complexity index is 1020. The van der Waals surface area contributed by atoms with E-state index < -0.39 is 0 Å². The molecule has 1 aliphatic heterocycles. The zero-order valence-corrected chi connectivity index (χ0v) is 17.0. The van der Waals surface area contributed by atoms with Gasteiger partial charge in [0.05, 0.1) is 28.9 Å². The lowest BCUT2D eigenvalue weighted by Crippen LogP contribution is -2.24. The Hall–Kier alpha value is -1.83. The predicted octanol–water partition coefficient (Wildman–Crippen LogP) is 3.71. The Labute approximate surface area is 170 Å². The average Bonchev–Trinajstić information content (AvgIpc) is 3.15. The van der Waals surface area contributed by atoms with Crippen molar-refractivity contribution >= 4 is 57.1 Å². The molecule has 2 aromatic carbocycles. The molecule has 0 amide bonds. The largest absolute Gasteiger partial charge is 0.371 e. The van der Waals surface area contributed by atoms with E-state index in [2.05, 4.69) is 10.3 Å². The molecule has 0 aliphatic carbocycles. The first-order valence-electron chi connectivity index (χ1n) is 7.90. The fourth-order valence-corrected chi connectivity index (χ4v) is 3.77. The highest BCUT2D eigenvalue weighted by Crippen LogP contribution is 2.22. The summed E-state index contributed by atoms with van der Waals surface area (Å²) in [5.74, 6) is 1.59. The van der Waals surface area contributed by atoms with Gasteiger partial charge in [-0.2, -0.15) is 0 Å². The second-order valence-electron chi connectivity index (χ2n) is 5.57. The van der Waals surface area contributed by atoms with Crippen molar-refractivity contribution in [3.63, 3.8) is 0 Å². The standard InChI is InChI=1S/C18H15ClN4OS.BrH/c19-12-5-7-13(8-6-12)23-17(24)14-3-1-2-4-15(14)22-18(23)25-11-16-20-9-10-21-16;/h1-8H,9-11H2,(H,20,21);1H. The summed E-state index contributed by atoms with van der Waals surface area (Å²) in [6.45, 7) is 1.66. The van der Waals surface area contributed by atoms with Crippen LogP contribution >= 0.6 is 40.3 Å². The Balaban J connectivity index is 0.00000196. The van der Waals surface area contributed by atoms with Crippen molar-refractivity contribution in [1.29, 1.82) is 0 Å². The van der Waals surface area contributed by atoms with E-state index >= 15 is 0 Å². The summed E-state index contributed by atoms with van der Waals surface area (Å²) in [7, 11) is 0. The van der Waals surface area contributed by atoms with Crippen LogP contribution in [0, 0.1) is 0 Å². The van der Waals surface area contributed by atoms with E-state index in [-0.39, 0.29) is 22.5 Å². The number of hydrogen-bond acceptors (Lipinski definition) is 5. The van der Waals surface area contributed by atoms with E-state index in [0.717, 1.165) is 24.6 Å². The zero-order chi connectivity index (χ0) is 17.2. The number of benzene rings is 2. The van der Waals surface area contributed by atoms with Gasteiger partial charge in [0.25, 0.3) is 5.56 Å². The quantitative estimate of drug-likeness (QED) is 0.485. The summed E-state index contributed by atoms with van der Waals surface area (Å²) in [5, 5.41) is 5.11. The molecule has 134 valence electrons. The average molecular weight is 452 g/mol. The van der Waals surface area contributed by atoms with E-state index in [4.69, 9.17) is 16.6 Å². The Morgan fingerprint density at radius 3 is 2.65 bits per heavy atom. The monoisotopic (exact) mass is 450 g/mol. The lowest BCUT2D eigenvalue weighted by molar-refractivity contribution is 0.821. The van der Waals surface area contributed by atoms with Gasteiger partial charge in [0, 0.05) is 11.6 Å². The second-order valence-corrected chi connectivity index (χ2v) is 6.95. The van der Waals surface area contributed by atoms with E-state index in [1.54, 1.807) is 22.8 Å². The molecule has 0 spiro atoms. The summed E-state index contributed by atoms with van der Waals surface area (Å²) >= 11 is 7.49. The molecule has 8 heteroatoms. The number of nitrogens with one attached hydrogen (secondary N) is 1. The van der Waals surface area contributed by atoms with E-state index in [1.807, 2.05) is 30.3 Å². The molecule has 0 fully saturated rings. The van der Waals surface area contributed by atoms with Gasteiger partial charge in [0.15, 0.2) is 5.16 Å². The molecule has 0 atom stereocenters. The minimum atomic E-state index is -0.0863. The Kier molecular flexibility index (Phi) is 6.01. The molecule has 0 bridgehead atoms. The fraction of sp³-hybridized carbons (Fsp3) is 0.167. The molecule has 1 aliphatic rings. The van der Waals surface area contributed by atoms with Crippen LogP contribution in [0.2, 0.25) is 5.02 Å². The van der Waals surface area contributed by atoms with Crippen LogP contribution in [-0.4, -0.2) is 34.2 Å². The molecule has 26 heavy (non-hydrogen) atoms.